The smallest absolute Gasteiger partial charge is 0.275 e. The lowest BCUT2D eigenvalue weighted by atomic mass is 9.95. The van der Waals surface area contributed by atoms with E-state index in [0.29, 0.717) is 11.1 Å². The standard InChI is InChI=1S/C15H15F5N2/c1-3-4-10-6-5-9(2)11(7-10)12-8-21-22-13(12)14(16,17)15(18,19)20/h5-8H,3-4H2,1-2H3,(H,21,22). The van der Waals surface area contributed by atoms with E-state index >= 15 is 0 Å². The Kier molecular flexibility index (Phi) is 4.26. The maximum absolute atomic E-state index is 13.6. The largest absolute Gasteiger partial charge is 0.459 e. The van der Waals surface area contributed by atoms with Gasteiger partial charge in [-0.1, -0.05) is 31.5 Å². The molecule has 1 heterocycles. The van der Waals surface area contributed by atoms with Crippen molar-refractivity contribution in [2.24, 2.45) is 0 Å². The van der Waals surface area contributed by atoms with Crippen molar-refractivity contribution < 1.29 is 22.0 Å². The van der Waals surface area contributed by atoms with E-state index in [1.807, 2.05) is 18.1 Å². The van der Waals surface area contributed by atoms with Gasteiger partial charge in [-0.15, -0.1) is 0 Å². The summed E-state index contributed by atoms with van der Waals surface area (Å²) in [5.74, 6) is -4.98. The third-order valence-corrected chi connectivity index (χ3v) is 3.44. The molecule has 2 aromatic rings. The van der Waals surface area contributed by atoms with Crippen molar-refractivity contribution >= 4 is 0 Å². The van der Waals surface area contributed by atoms with Crippen LogP contribution < -0.4 is 0 Å². The zero-order valence-corrected chi connectivity index (χ0v) is 12.1. The zero-order valence-electron chi connectivity index (χ0n) is 12.1. The highest BCUT2D eigenvalue weighted by Crippen LogP contribution is 2.46. The average molecular weight is 318 g/mol. The predicted molar refractivity (Wildman–Crippen MR) is 72.7 cm³/mol. The monoisotopic (exact) mass is 318 g/mol. The highest BCUT2D eigenvalue weighted by Gasteiger charge is 2.60. The van der Waals surface area contributed by atoms with Crippen LogP contribution in [0.15, 0.2) is 24.4 Å². The van der Waals surface area contributed by atoms with Gasteiger partial charge in [-0.05, 0) is 30.0 Å². The van der Waals surface area contributed by atoms with E-state index in [4.69, 9.17) is 0 Å². The number of rotatable bonds is 4. The molecular weight excluding hydrogens is 303 g/mol. The Bertz CT molecular complexity index is 658. The molecule has 0 aliphatic carbocycles. The molecule has 0 saturated carbocycles. The second-order valence-electron chi connectivity index (χ2n) is 5.13. The maximum atomic E-state index is 13.6. The van der Waals surface area contributed by atoms with Gasteiger partial charge in [0.1, 0.15) is 5.69 Å². The average Bonchev–Trinajstić information content (AvgIpc) is 2.89. The van der Waals surface area contributed by atoms with Crippen LogP contribution in [0.1, 0.15) is 30.2 Å². The summed E-state index contributed by atoms with van der Waals surface area (Å²) in [6, 6.07) is 5.19. The summed E-state index contributed by atoms with van der Waals surface area (Å²) in [6.07, 6.45) is -3.11. The summed E-state index contributed by atoms with van der Waals surface area (Å²) in [6.45, 7) is 3.62. The lowest BCUT2D eigenvalue weighted by Crippen LogP contribution is -2.34. The van der Waals surface area contributed by atoms with Gasteiger partial charge in [-0.3, -0.25) is 5.10 Å². The number of aromatic amines is 1. The Hall–Kier alpha value is -1.92. The van der Waals surface area contributed by atoms with E-state index in [1.54, 1.807) is 19.1 Å². The molecule has 0 aliphatic heterocycles. The van der Waals surface area contributed by atoms with Gasteiger partial charge in [-0.25, -0.2) is 0 Å². The van der Waals surface area contributed by atoms with Crippen LogP contribution in [-0.2, 0) is 12.3 Å². The van der Waals surface area contributed by atoms with Crippen molar-refractivity contribution in [1.82, 2.24) is 10.2 Å². The number of halogens is 5. The molecule has 1 aromatic heterocycles. The van der Waals surface area contributed by atoms with Crippen molar-refractivity contribution in [2.75, 3.05) is 0 Å². The molecule has 1 aromatic carbocycles. The lowest BCUT2D eigenvalue weighted by molar-refractivity contribution is -0.290. The maximum Gasteiger partial charge on any atom is 0.459 e. The van der Waals surface area contributed by atoms with Gasteiger partial charge in [0.15, 0.2) is 0 Å². The van der Waals surface area contributed by atoms with Gasteiger partial charge in [-0.2, -0.15) is 27.1 Å². The van der Waals surface area contributed by atoms with Crippen molar-refractivity contribution in [3.05, 3.63) is 41.2 Å². The quantitative estimate of drug-likeness (QED) is 0.790. The minimum atomic E-state index is -5.68. The van der Waals surface area contributed by atoms with Gasteiger partial charge >= 0.3 is 12.1 Å². The van der Waals surface area contributed by atoms with Crippen LogP contribution in [-0.4, -0.2) is 16.4 Å². The second-order valence-corrected chi connectivity index (χ2v) is 5.13. The predicted octanol–water partition coefficient (Wildman–Crippen LogP) is 4.99. The molecule has 0 saturated heterocycles. The fraction of sp³-hybridized carbons (Fsp3) is 0.400. The summed E-state index contributed by atoms with van der Waals surface area (Å²) in [4.78, 5) is 0. The van der Waals surface area contributed by atoms with Crippen LogP contribution in [0.4, 0.5) is 22.0 Å². The molecule has 0 atom stereocenters. The van der Waals surface area contributed by atoms with E-state index in [9.17, 15) is 22.0 Å². The Morgan fingerprint density at radius 2 is 1.77 bits per heavy atom. The summed E-state index contributed by atoms with van der Waals surface area (Å²) >= 11 is 0. The van der Waals surface area contributed by atoms with Crippen molar-refractivity contribution in [3.63, 3.8) is 0 Å². The van der Waals surface area contributed by atoms with Crippen LogP contribution in [0.25, 0.3) is 11.1 Å². The van der Waals surface area contributed by atoms with E-state index in [2.05, 4.69) is 5.10 Å². The minimum absolute atomic E-state index is 0.224. The number of aryl methyl sites for hydroxylation is 2. The summed E-state index contributed by atoms with van der Waals surface area (Å²) in [5, 5.41) is 5.20. The number of nitrogens with one attached hydrogen (secondary N) is 1. The molecule has 1 N–H and O–H groups in total. The van der Waals surface area contributed by atoms with Gasteiger partial charge in [0, 0.05) is 5.56 Å². The fourth-order valence-corrected chi connectivity index (χ4v) is 2.27. The molecule has 7 heteroatoms. The molecular formula is C15H15F5N2. The first kappa shape index (κ1) is 16.5. The number of H-pyrrole nitrogens is 1. The normalized spacial score (nSPS) is 12.7. The first-order valence-corrected chi connectivity index (χ1v) is 6.76. The Labute approximate surface area is 124 Å². The van der Waals surface area contributed by atoms with Crippen molar-refractivity contribution in [2.45, 2.75) is 38.8 Å². The van der Waals surface area contributed by atoms with E-state index < -0.39 is 17.8 Å². The lowest BCUT2D eigenvalue weighted by Gasteiger charge is -2.20. The number of aromatic nitrogens is 2. The summed E-state index contributed by atoms with van der Waals surface area (Å²) in [5.41, 5.74) is 0.374. The molecule has 0 radical (unpaired) electrons. The van der Waals surface area contributed by atoms with Crippen LogP contribution in [0.2, 0.25) is 0 Å². The first-order valence-electron chi connectivity index (χ1n) is 6.76. The van der Waals surface area contributed by atoms with Crippen LogP contribution >= 0.6 is 0 Å². The number of alkyl halides is 5. The Morgan fingerprint density at radius 1 is 1.09 bits per heavy atom. The topological polar surface area (TPSA) is 28.7 Å². The first-order chi connectivity index (χ1) is 10.2. The van der Waals surface area contributed by atoms with Gasteiger partial charge < -0.3 is 0 Å². The SMILES string of the molecule is CCCc1ccc(C)c(-c2cn[nH]c2C(F)(F)C(F)(F)F)c1. The molecule has 0 fully saturated rings. The number of hydrogen-bond acceptors (Lipinski definition) is 1. The minimum Gasteiger partial charge on any atom is -0.275 e. The van der Waals surface area contributed by atoms with E-state index in [-0.39, 0.29) is 5.56 Å². The molecule has 0 amide bonds. The zero-order chi connectivity index (χ0) is 16.5. The van der Waals surface area contributed by atoms with Gasteiger partial charge in [0.2, 0.25) is 0 Å². The highest BCUT2D eigenvalue weighted by molar-refractivity contribution is 5.70. The summed E-state index contributed by atoms with van der Waals surface area (Å²) in [7, 11) is 0. The molecule has 22 heavy (non-hydrogen) atoms. The number of hydrogen-bond donors (Lipinski definition) is 1. The molecule has 2 rings (SSSR count). The highest BCUT2D eigenvalue weighted by atomic mass is 19.4. The summed E-state index contributed by atoms with van der Waals surface area (Å²) < 4.78 is 65.0. The second kappa shape index (κ2) is 5.70. The van der Waals surface area contributed by atoms with Crippen LogP contribution in [0, 0.1) is 6.92 Å². The molecule has 120 valence electrons. The van der Waals surface area contributed by atoms with Crippen molar-refractivity contribution in [1.29, 1.82) is 0 Å². The third-order valence-electron chi connectivity index (χ3n) is 3.44. The van der Waals surface area contributed by atoms with Crippen molar-refractivity contribution in [3.8, 4) is 11.1 Å². The number of benzene rings is 1. The van der Waals surface area contributed by atoms with E-state index in [0.717, 1.165) is 24.6 Å². The van der Waals surface area contributed by atoms with Crippen LogP contribution in [0.5, 0.6) is 0 Å². The molecule has 2 nitrogen and oxygen atoms in total. The Balaban J connectivity index is 2.57. The Morgan fingerprint density at radius 3 is 2.36 bits per heavy atom. The molecule has 0 unspecified atom stereocenters. The number of nitrogens with zero attached hydrogens (tertiary/aromatic N) is 1. The van der Waals surface area contributed by atoms with E-state index in [1.165, 1.54) is 0 Å². The fourth-order valence-electron chi connectivity index (χ4n) is 2.27. The third kappa shape index (κ3) is 2.84. The molecule has 0 spiro atoms. The molecule has 0 bridgehead atoms. The van der Waals surface area contributed by atoms with Gasteiger partial charge in [0.25, 0.3) is 0 Å². The van der Waals surface area contributed by atoms with Gasteiger partial charge in [0.05, 0.1) is 6.20 Å². The van der Waals surface area contributed by atoms with Crippen LogP contribution in [0.3, 0.4) is 0 Å². The molecule has 0 aliphatic rings.